The zero-order chi connectivity index (χ0) is 20.6. The number of rotatable bonds is 10. The van der Waals surface area contributed by atoms with Gasteiger partial charge >= 0.3 is 0 Å². The lowest BCUT2D eigenvalue weighted by Gasteiger charge is -2.22. The van der Waals surface area contributed by atoms with Crippen LogP contribution in [0, 0.1) is 0 Å². The highest BCUT2D eigenvalue weighted by Gasteiger charge is 2.27. The van der Waals surface area contributed by atoms with Crippen molar-refractivity contribution in [3.8, 4) is 0 Å². The minimum atomic E-state index is -3.87. The third-order valence-corrected chi connectivity index (χ3v) is 6.88. The second kappa shape index (κ2) is 11.0. The lowest BCUT2D eigenvalue weighted by Crippen LogP contribution is -2.40. The summed E-state index contributed by atoms with van der Waals surface area (Å²) in [6, 6.07) is 13.4. The van der Waals surface area contributed by atoms with E-state index in [2.05, 4.69) is 28.2 Å². The Balaban J connectivity index is 2.23. The molecule has 8 heteroatoms. The Labute approximate surface area is 180 Å². The summed E-state index contributed by atoms with van der Waals surface area (Å²) in [5.41, 5.74) is 0.642. The lowest BCUT2D eigenvalue weighted by molar-refractivity contribution is -0.121. The molecule has 0 spiro atoms. The Morgan fingerprint density at radius 3 is 2.43 bits per heavy atom. The normalized spacial score (nSPS) is 11.6. The van der Waals surface area contributed by atoms with Gasteiger partial charge in [0.25, 0.3) is 0 Å². The molecule has 152 valence electrons. The van der Waals surface area contributed by atoms with Gasteiger partial charge in [-0.05, 0) is 42.3 Å². The molecule has 5 nitrogen and oxygen atoms in total. The van der Waals surface area contributed by atoms with E-state index >= 15 is 0 Å². The Morgan fingerprint density at radius 1 is 1.11 bits per heavy atom. The number of hydrogen-bond acceptors (Lipinski definition) is 3. The topological polar surface area (TPSA) is 66.5 Å². The van der Waals surface area contributed by atoms with E-state index in [1.54, 1.807) is 36.4 Å². The van der Waals surface area contributed by atoms with E-state index in [1.165, 1.54) is 12.1 Å². The van der Waals surface area contributed by atoms with Crippen molar-refractivity contribution < 1.29 is 13.2 Å². The van der Waals surface area contributed by atoms with Gasteiger partial charge < -0.3 is 5.32 Å². The molecule has 2 rings (SSSR count). The van der Waals surface area contributed by atoms with Gasteiger partial charge in [0.1, 0.15) is 0 Å². The molecule has 0 bridgehead atoms. The van der Waals surface area contributed by atoms with Gasteiger partial charge in [0, 0.05) is 22.6 Å². The third-order valence-electron chi connectivity index (χ3n) is 4.18. The molecular formula is C20H24BrClN2O3S. The molecule has 1 N–H and O–H groups in total. The van der Waals surface area contributed by atoms with Gasteiger partial charge in [0.15, 0.2) is 0 Å². The van der Waals surface area contributed by atoms with Gasteiger partial charge in [-0.2, -0.15) is 4.31 Å². The van der Waals surface area contributed by atoms with Gasteiger partial charge in [-0.3, -0.25) is 4.79 Å². The summed E-state index contributed by atoms with van der Waals surface area (Å²) < 4.78 is 28.3. The van der Waals surface area contributed by atoms with E-state index in [-0.39, 0.29) is 23.9 Å². The highest BCUT2D eigenvalue weighted by atomic mass is 79.9. The summed E-state index contributed by atoms with van der Waals surface area (Å²) in [6.07, 6.45) is 2.93. The molecule has 0 unspecified atom stereocenters. The number of carbonyl (C=O) groups excluding carboxylic acids is 1. The Hall–Kier alpha value is -1.41. The molecule has 0 atom stereocenters. The number of nitrogens with zero attached hydrogens (tertiary/aromatic N) is 1. The fourth-order valence-electron chi connectivity index (χ4n) is 2.62. The second-order valence-corrected chi connectivity index (χ2v) is 9.64. The highest BCUT2D eigenvalue weighted by Crippen LogP contribution is 2.23. The van der Waals surface area contributed by atoms with Gasteiger partial charge in [-0.1, -0.05) is 65.5 Å². The fourth-order valence-corrected chi connectivity index (χ4v) is 4.45. The molecule has 2 aromatic carbocycles. The average Bonchev–Trinajstić information content (AvgIpc) is 2.66. The standard InChI is InChI=1S/C20H24BrClN2O3S/c1-2-3-6-13-23-20(25)15-24(14-16-7-4-5-8-19(16)22)28(26,27)18-11-9-17(21)10-12-18/h4-5,7-12H,2-3,6,13-15H2,1H3,(H,23,25). The molecule has 0 saturated heterocycles. The Kier molecular flexibility index (Phi) is 8.95. The van der Waals surface area contributed by atoms with Crippen molar-refractivity contribution in [1.29, 1.82) is 0 Å². The van der Waals surface area contributed by atoms with Gasteiger partial charge in [0.2, 0.25) is 15.9 Å². The number of hydrogen-bond donors (Lipinski definition) is 1. The van der Waals surface area contributed by atoms with Crippen LogP contribution in [-0.4, -0.2) is 31.7 Å². The SMILES string of the molecule is CCCCCNC(=O)CN(Cc1ccccc1Cl)S(=O)(=O)c1ccc(Br)cc1. The summed E-state index contributed by atoms with van der Waals surface area (Å²) in [5, 5.41) is 3.26. The van der Waals surface area contributed by atoms with Gasteiger partial charge in [-0.15, -0.1) is 0 Å². The number of unbranched alkanes of at least 4 members (excludes halogenated alkanes) is 2. The van der Waals surface area contributed by atoms with Crippen molar-refractivity contribution in [2.75, 3.05) is 13.1 Å². The molecule has 0 saturated carbocycles. The van der Waals surface area contributed by atoms with Crippen molar-refractivity contribution in [2.24, 2.45) is 0 Å². The van der Waals surface area contributed by atoms with E-state index in [0.29, 0.717) is 17.1 Å². The maximum Gasteiger partial charge on any atom is 0.243 e. The smallest absolute Gasteiger partial charge is 0.243 e. The molecule has 0 fully saturated rings. The molecular weight excluding hydrogens is 464 g/mol. The van der Waals surface area contributed by atoms with E-state index in [9.17, 15) is 13.2 Å². The van der Waals surface area contributed by atoms with Crippen LogP contribution in [0.25, 0.3) is 0 Å². The van der Waals surface area contributed by atoms with Crippen LogP contribution in [0.5, 0.6) is 0 Å². The van der Waals surface area contributed by atoms with Crippen molar-refractivity contribution in [3.05, 3.63) is 63.6 Å². The largest absolute Gasteiger partial charge is 0.355 e. The predicted molar refractivity (Wildman–Crippen MR) is 116 cm³/mol. The summed E-state index contributed by atoms with van der Waals surface area (Å²) in [7, 11) is -3.87. The van der Waals surface area contributed by atoms with Crippen LogP contribution in [0.1, 0.15) is 31.7 Å². The highest BCUT2D eigenvalue weighted by molar-refractivity contribution is 9.10. The van der Waals surface area contributed by atoms with Crippen LogP contribution in [-0.2, 0) is 21.4 Å². The first-order valence-electron chi connectivity index (χ1n) is 9.10. The fraction of sp³-hybridized carbons (Fsp3) is 0.350. The van der Waals surface area contributed by atoms with E-state index < -0.39 is 10.0 Å². The van der Waals surface area contributed by atoms with Crippen LogP contribution >= 0.6 is 27.5 Å². The molecule has 0 radical (unpaired) electrons. The number of halogens is 2. The van der Waals surface area contributed by atoms with Crippen LogP contribution in [0.4, 0.5) is 0 Å². The minimum absolute atomic E-state index is 0.0143. The van der Waals surface area contributed by atoms with Gasteiger partial charge in [-0.25, -0.2) is 8.42 Å². The first-order chi connectivity index (χ1) is 13.3. The van der Waals surface area contributed by atoms with Crippen molar-refractivity contribution >= 4 is 43.5 Å². The number of nitrogens with one attached hydrogen (secondary N) is 1. The first kappa shape index (κ1) is 22.9. The van der Waals surface area contributed by atoms with Crippen molar-refractivity contribution in [1.82, 2.24) is 9.62 Å². The quantitative estimate of drug-likeness (QED) is 0.498. The van der Waals surface area contributed by atoms with Crippen LogP contribution in [0.2, 0.25) is 5.02 Å². The molecule has 1 amide bonds. The lowest BCUT2D eigenvalue weighted by atomic mass is 10.2. The third kappa shape index (κ3) is 6.58. The van der Waals surface area contributed by atoms with E-state index in [1.807, 2.05) is 0 Å². The van der Waals surface area contributed by atoms with Crippen LogP contribution in [0.3, 0.4) is 0 Å². The first-order valence-corrected chi connectivity index (χ1v) is 11.7. The Morgan fingerprint density at radius 2 is 1.79 bits per heavy atom. The maximum absolute atomic E-state index is 13.2. The van der Waals surface area contributed by atoms with E-state index in [4.69, 9.17) is 11.6 Å². The molecule has 0 aromatic heterocycles. The molecule has 0 heterocycles. The summed E-state index contributed by atoms with van der Waals surface area (Å²) in [4.78, 5) is 12.5. The zero-order valence-electron chi connectivity index (χ0n) is 15.7. The van der Waals surface area contributed by atoms with Gasteiger partial charge in [0.05, 0.1) is 11.4 Å². The predicted octanol–water partition coefficient (Wildman–Crippen LogP) is 4.60. The Bertz CT molecular complexity index is 889. The summed E-state index contributed by atoms with van der Waals surface area (Å²) in [6.45, 7) is 2.36. The molecule has 0 aliphatic carbocycles. The van der Waals surface area contributed by atoms with Crippen LogP contribution in [0.15, 0.2) is 57.9 Å². The number of benzene rings is 2. The molecule has 0 aliphatic heterocycles. The average molecular weight is 488 g/mol. The maximum atomic E-state index is 13.2. The van der Waals surface area contributed by atoms with Crippen molar-refractivity contribution in [3.63, 3.8) is 0 Å². The molecule has 2 aromatic rings. The summed E-state index contributed by atoms with van der Waals surface area (Å²) in [5.74, 6) is -0.330. The number of sulfonamides is 1. The second-order valence-electron chi connectivity index (χ2n) is 6.38. The minimum Gasteiger partial charge on any atom is -0.355 e. The molecule has 0 aliphatic rings. The van der Waals surface area contributed by atoms with Crippen molar-refractivity contribution in [2.45, 2.75) is 37.6 Å². The van der Waals surface area contributed by atoms with Crippen LogP contribution < -0.4 is 5.32 Å². The summed E-state index contributed by atoms with van der Waals surface area (Å²) >= 11 is 9.52. The zero-order valence-corrected chi connectivity index (χ0v) is 18.9. The number of amides is 1. The van der Waals surface area contributed by atoms with E-state index in [0.717, 1.165) is 28.0 Å². The monoisotopic (exact) mass is 486 g/mol. The molecule has 28 heavy (non-hydrogen) atoms. The number of carbonyl (C=O) groups is 1.